The number of rotatable bonds is 6. The molecule has 1 saturated carbocycles. The van der Waals surface area contributed by atoms with Gasteiger partial charge in [0.05, 0.1) is 5.92 Å². The minimum atomic E-state index is -4.12. The first-order chi connectivity index (χ1) is 9.38. The zero-order chi connectivity index (χ0) is 15.2. The molecule has 0 bridgehead atoms. The van der Waals surface area contributed by atoms with Crippen LogP contribution in [0.1, 0.15) is 51.9 Å². The lowest BCUT2D eigenvalue weighted by Crippen LogP contribution is -2.44. The third-order valence-corrected chi connectivity index (χ3v) is 4.10. The largest absolute Gasteiger partial charge is 0.391 e. The second-order valence-electron chi connectivity index (χ2n) is 5.67. The van der Waals surface area contributed by atoms with Gasteiger partial charge in [-0.2, -0.15) is 13.2 Å². The Morgan fingerprint density at radius 1 is 1.30 bits per heavy atom. The van der Waals surface area contributed by atoms with E-state index in [0.717, 1.165) is 19.3 Å². The minimum absolute atomic E-state index is 0.0530. The highest BCUT2D eigenvalue weighted by Gasteiger charge is 2.42. The molecule has 1 rings (SSSR count). The van der Waals surface area contributed by atoms with Gasteiger partial charge in [0.1, 0.15) is 0 Å². The van der Waals surface area contributed by atoms with Crippen molar-refractivity contribution < 1.29 is 18.0 Å². The molecule has 1 atom stereocenters. The van der Waals surface area contributed by atoms with Crippen molar-refractivity contribution in [2.24, 2.45) is 17.6 Å². The van der Waals surface area contributed by atoms with E-state index in [0.29, 0.717) is 19.4 Å². The summed E-state index contributed by atoms with van der Waals surface area (Å²) in [4.78, 5) is 12.0. The predicted molar refractivity (Wildman–Crippen MR) is 72.0 cm³/mol. The van der Waals surface area contributed by atoms with Gasteiger partial charge < -0.3 is 11.1 Å². The van der Waals surface area contributed by atoms with Gasteiger partial charge in [0, 0.05) is 18.5 Å². The van der Waals surface area contributed by atoms with Crippen molar-refractivity contribution in [1.82, 2.24) is 5.32 Å². The molecule has 1 amide bonds. The highest BCUT2D eigenvalue weighted by molar-refractivity contribution is 5.79. The molecule has 0 aromatic rings. The fourth-order valence-corrected chi connectivity index (χ4v) is 2.70. The fraction of sp³-hybridized carbons (Fsp3) is 0.929. The lowest BCUT2D eigenvalue weighted by atomic mass is 9.81. The SMILES string of the molecule is CCCCC(CN)NC(=O)C1CCC(C(F)(F)F)CC1. The Balaban J connectivity index is 2.38. The van der Waals surface area contributed by atoms with Gasteiger partial charge in [-0.05, 0) is 32.1 Å². The second kappa shape index (κ2) is 7.86. The van der Waals surface area contributed by atoms with Crippen LogP contribution in [0.2, 0.25) is 0 Å². The smallest absolute Gasteiger partial charge is 0.352 e. The number of nitrogens with two attached hydrogens (primary N) is 1. The third-order valence-electron chi connectivity index (χ3n) is 4.10. The first kappa shape index (κ1) is 17.3. The van der Waals surface area contributed by atoms with Crippen LogP contribution in [0.15, 0.2) is 0 Å². The highest BCUT2D eigenvalue weighted by Crippen LogP contribution is 2.39. The third kappa shape index (κ3) is 5.31. The molecule has 0 spiro atoms. The number of nitrogens with one attached hydrogen (secondary N) is 1. The number of hydrogen-bond acceptors (Lipinski definition) is 2. The van der Waals surface area contributed by atoms with Gasteiger partial charge in [-0.25, -0.2) is 0 Å². The summed E-state index contributed by atoms with van der Waals surface area (Å²) in [6.07, 6.45) is -0.513. The van der Waals surface area contributed by atoms with Crippen LogP contribution in [0.3, 0.4) is 0 Å². The van der Waals surface area contributed by atoms with E-state index in [9.17, 15) is 18.0 Å². The standard InChI is InChI=1S/C14H25F3N2O/c1-2-3-4-12(9-18)19-13(20)10-5-7-11(8-6-10)14(15,16)17/h10-12H,2-9,18H2,1H3,(H,19,20). The Morgan fingerprint density at radius 3 is 2.35 bits per heavy atom. The number of carbonyl (C=O) groups is 1. The normalized spacial score (nSPS) is 25.2. The molecule has 1 aliphatic rings. The molecular weight excluding hydrogens is 269 g/mol. The van der Waals surface area contributed by atoms with E-state index in [1.165, 1.54) is 0 Å². The van der Waals surface area contributed by atoms with E-state index in [-0.39, 0.29) is 30.7 Å². The fourth-order valence-electron chi connectivity index (χ4n) is 2.70. The zero-order valence-electron chi connectivity index (χ0n) is 12.0. The van der Waals surface area contributed by atoms with Crippen molar-refractivity contribution in [3.63, 3.8) is 0 Å². The van der Waals surface area contributed by atoms with E-state index in [2.05, 4.69) is 12.2 Å². The monoisotopic (exact) mass is 294 g/mol. The molecular formula is C14H25F3N2O. The van der Waals surface area contributed by atoms with Crippen molar-refractivity contribution in [3.05, 3.63) is 0 Å². The summed E-state index contributed by atoms with van der Waals surface area (Å²) in [5.41, 5.74) is 5.61. The first-order valence-corrected chi connectivity index (χ1v) is 7.45. The maximum absolute atomic E-state index is 12.6. The van der Waals surface area contributed by atoms with Crippen molar-refractivity contribution >= 4 is 5.91 Å². The first-order valence-electron chi connectivity index (χ1n) is 7.45. The summed E-state index contributed by atoms with van der Waals surface area (Å²) in [7, 11) is 0. The molecule has 3 nitrogen and oxygen atoms in total. The molecule has 3 N–H and O–H groups in total. The van der Waals surface area contributed by atoms with E-state index in [1.807, 2.05) is 0 Å². The van der Waals surface area contributed by atoms with Crippen molar-refractivity contribution in [3.8, 4) is 0 Å². The maximum atomic E-state index is 12.6. The Bertz CT molecular complexity index is 299. The van der Waals surface area contributed by atoms with E-state index in [1.54, 1.807) is 0 Å². The number of hydrogen-bond donors (Lipinski definition) is 2. The second-order valence-corrected chi connectivity index (χ2v) is 5.67. The van der Waals surface area contributed by atoms with Crippen LogP contribution in [0, 0.1) is 11.8 Å². The van der Waals surface area contributed by atoms with Gasteiger partial charge in [-0.15, -0.1) is 0 Å². The van der Waals surface area contributed by atoms with Gasteiger partial charge in [-0.3, -0.25) is 4.79 Å². The minimum Gasteiger partial charge on any atom is -0.352 e. The number of carbonyl (C=O) groups excluding carboxylic acids is 1. The Labute approximate surface area is 118 Å². The summed E-state index contributed by atoms with van der Waals surface area (Å²) in [6.45, 7) is 2.44. The number of alkyl halides is 3. The summed E-state index contributed by atoms with van der Waals surface area (Å²) < 4.78 is 37.7. The molecule has 20 heavy (non-hydrogen) atoms. The lowest BCUT2D eigenvalue weighted by molar-refractivity contribution is -0.184. The van der Waals surface area contributed by atoms with E-state index >= 15 is 0 Å². The van der Waals surface area contributed by atoms with E-state index < -0.39 is 12.1 Å². The topological polar surface area (TPSA) is 55.1 Å². The Kier molecular flexibility index (Phi) is 6.79. The molecule has 1 aliphatic carbocycles. The number of halogens is 3. The Hall–Kier alpha value is -0.780. The van der Waals surface area contributed by atoms with Crippen LogP contribution in [0.25, 0.3) is 0 Å². The van der Waals surface area contributed by atoms with Gasteiger partial charge >= 0.3 is 6.18 Å². The maximum Gasteiger partial charge on any atom is 0.391 e. The molecule has 118 valence electrons. The Morgan fingerprint density at radius 2 is 1.90 bits per heavy atom. The van der Waals surface area contributed by atoms with Crippen LogP contribution >= 0.6 is 0 Å². The molecule has 0 radical (unpaired) electrons. The number of amides is 1. The molecule has 6 heteroatoms. The van der Waals surface area contributed by atoms with Crippen LogP contribution < -0.4 is 11.1 Å². The average molecular weight is 294 g/mol. The van der Waals surface area contributed by atoms with Gasteiger partial charge in [0.2, 0.25) is 5.91 Å². The van der Waals surface area contributed by atoms with Gasteiger partial charge in [0.25, 0.3) is 0 Å². The quantitative estimate of drug-likeness (QED) is 0.791. The van der Waals surface area contributed by atoms with Crippen molar-refractivity contribution in [1.29, 1.82) is 0 Å². The molecule has 0 aromatic carbocycles. The van der Waals surface area contributed by atoms with Crippen molar-refractivity contribution in [2.75, 3.05) is 6.54 Å². The molecule has 0 heterocycles. The van der Waals surface area contributed by atoms with E-state index in [4.69, 9.17) is 5.73 Å². The van der Waals surface area contributed by atoms with Crippen LogP contribution in [0.5, 0.6) is 0 Å². The summed E-state index contributed by atoms with van der Waals surface area (Å²) in [5.74, 6) is -1.65. The average Bonchev–Trinajstić information content (AvgIpc) is 2.42. The highest BCUT2D eigenvalue weighted by atomic mass is 19.4. The summed E-state index contributed by atoms with van der Waals surface area (Å²) in [5, 5.41) is 2.88. The van der Waals surface area contributed by atoms with Gasteiger partial charge in [0.15, 0.2) is 0 Å². The molecule has 0 saturated heterocycles. The summed E-state index contributed by atoms with van der Waals surface area (Å²) in [6, 6.07) is -0.0530. The number of unbranched alkanes of at least 4 members (excludes halogenated alkanes) is 1. The van der Waals surface area contributed by atoms with Crippen LogP contribution in [-0.2, 0) is 4.79 Å². The van der Waals surface area contributed by atoms with Gasteiger partial charge in [-0.1, -0.05) is 19.8 Å². The van der Waals surface area contributed by atoms with Crippen LogP contribution in [0.4, 0.5) is 13.2 Å². The zero-order valence-corrected chi connectivity index (χ0v) is 12.0. The molecule has 1 unspecified atom stereocenters. The molecule has 0 aromatic heterocycles. The predicted octanol–water partition coefficient (Wildman–Crippen LogP) is 2.99. The van der Waals surface area contributed by atoms with Crippen molar-refractivity contribution in [2.45, 2.75) is 64.1 Å². The molecule has 1 fully saturated rings. The summed E-state index contributed by atoms with van der Waals surface area (Å²) >= 11 is 0. The van der Waals surface area contributed by atoms with Crippen LogP contribution in [-0.4, -0.2) is 24.7 Å². The molecule has 0 aliphatic heterocycles. The lowest BCUT2D eigenvalue weighted by Gasteiger charge is -2.30.